The number of esters is 1. The lowest BCUT2D eigenvalue weighted by Gasteiger charge is -2.31. The molecule has 1 fully saturated rings. The third-order valence-electron chi connectivity index (χ3n) is 5.20. The monoisotopic (exact) mass is 413 g/mol. The Balaban J connectivity index is 1.51. The molecule has 0 radical (unpaired) electrons. The number of likely N-dealkylation sites (tertiary alicyclic amines) is 1. The van der Waals surface area contributed by atoms with Crippen molar-refractivity contribution in [1.29, 1.82) is 0 Å². The van der Waals surface area contributed by atoms with Gasteiger partial charge >= 0.3 is 5.97 Å². The summed E-state index contributed by atoms with van der Waals surface area (Å²) in [6.45, 7) is 4.49. The smallest absolute Gasteiger partial charge is 0.309 e. The zero-order valence-electron chi connectivity index (χ0n) is 16.6. The van der Waals surface area contributed by atoms with Crippen LogP contribution in [0, 0.1) is 12.8 Å². The first-order valence-corrected chi connectivity index (χ1v) is 10.1. The Labute approximate surface area is 175 Å². The molecule has 1 heterocycles. The van der Waals surface area contributed by atoms with Crippen LogP contribution in [0.15, 0.2) is 48.5 Å². The second-order valence-corrected chi connectivity index (χ2v) is 7.82. The average molecular weight is 414 g/mol. The number of amides is 1. The molecule has 2 aromatic carbocycles. The molecule has 5 nitrogen and oxygen atoms in total. The van der Waals surface area contributed by atoms with Crippen LogP contribution in [-0.2, 0) is 9.53 Å². The minimum absolute atomic E-state index is 0.0728. The number of benzene rings is 2. The Kier molecular flexibility index (Phi) is 6.70. The van der Waals surface area contributed by atoms with Gasteiger partial charge in [0.05, 0.1) is 5.92 Å². The summed E-state index contributed by atoms with van der Waals surface area (Å²) in [6.07, 6.45) is 0.201. The number of hydrogen-bond donors (Lipinski definition) is 0. The second kappa shape index (κ2) is 9.23. The number of carbonyl (C=O) groups is 3. The van der Waals surface area contributed by atoms with Gasteiger partial charge in [-0.2, -0.15) is 0 Å². The molecule has 3 rings (SSSR count). The fourth-order valence-electron chi connectivity index (χ4n) is 3.37. The topological polar surface area (TPSA) is 63.7 Å². The molecule has 1 amide bonds. The van der Waals surface area contributed by atoms with Crippen molar-refractivity contribution >= 4 is 29.3 Å². The average Bonchev–Trinajstić information content (AvgIpc) is 2.74. The highest BCUT2D eigenvalue weighted by Gasteiger charge is 2.31. The lowest BCUT2D eigenvalue weighted by molar-refractivity contribution is -0.152. The third kappa shape index (κ3) is 5.24. The first kappa shape index (κ1) is 21.1. The number of carbonyl (C=O) groups excluding carboxylic acids is 3. The highest BCUT2D eigenvalue weighted by molar-refractivity contribution is 6.30. The van der Waals surface area contributed by atoms with Gasteiger partial charge < -0.3 is 9.64 Å². The Bertz CT molecular complexity index is 884. The molecule has 1 aliphatic heterocycles. The van der Waals surface area contributed by atoms with Crippen molar-refractivity contribution in [1.82, 2.24) is 4.90 Å². The van der Waals surface area contributed by atoms with E-state index in [0.717, 1.165) is 5.56 Å². The van der Waals surface area contributed by atoms with Crippen molar-refractivity contribution in [3.8, 4) is 0 Å². The van der Waals surface area contributed by atoms with Crippen molar-refractivity contribution < 1.29 is 19.1 Å². The van der Waals surface area contributed by atoms with Crippen LogP contribution in [0.4, 0.5) is 0 Å². The number of ketones is 1. The summed E-state index contributed by atoms with van der Waals surface area (Å²) >= 11 is 5.87. The maximum atomic E-state index is 12.6. The molecule has 0 N–H and O–H groups in total. The third-order valence-corrected chi connectivity index (χ3v) is 5.46. The summed E-state index contributed by atoms with van der Waals surface area (Å²) in [5.74, 6) is -0.973. The van der Waals surface area contributed by atoms with Gasteiger partial charge in [-0.15, -0.1) is 0 Å². The molecule has 0 spiro atoms. The minimum Gasteiger partial charge on any atom is -0.454 e. The Hall–Kier alpha value is -2.66. The zero-order chi connectivity index (χ0) is 21.0. The van der Waals surface area contributed by atoms with E-state index < -0.39 is 6.10 Å². The molecule has 152 valence electrons. The van der Waals surface area contributed by atoms with E-state index in [-0.39, 0.29) is 23.6 Å². The number of aryl methyl sites for hydroxylation is 1. The van der Waals surface area contributed by atoms with Crippen molar-refractivity contribution in [2.75, 3.05) is 13.1 Å². The van der Waals surface area contributed by atoms with Crippen LogP contribution in [0.5, 0.6) is 0 Å². The van der Waals surface area contributed by atoms with Crippen LogP contribution in [0.3, 0.4) is 0 Å². The molecule has 0 aliphatic carbocycles. The Morgan fingerprint density at radius 3 is 2.10 bits per heavy atom. The van der Waals surface area contributed by atoms with Crippen molar-refractivity contribution in [3.05, 3.63) is 70.2 Å². The molecule has 1 atom stereocenters. The number of Topliss-reactive ketones (excluding diaryl/α,β-unsaturated/α-hetero) is 1. The van der Waals surface area contributed by atoms with Crippen LogP contribution < -0.4 is 0 Å². The minimum atomic E-state index is -0.834. The number of hydrogen-bond acceptors (Lipinski definition) is 4. The van der Waals surface area contributed by atoms with E-state index in [1.165, 1.54) is 0 Å². The molecule has 0 unspecified atom stereocenters. The normalized spacial score (nSPS) is 15.6. The van der Waals surface area contributed by atoms with Crippen molar-refractivity contribution in [2.45, 2.75) is 32.8 Å². The first-order valence-electron chi connectivity index (χ1n) is 9.71. The van der Waals surface area contributed by atoms with Crippen LogP contribution in [0.2, 0.25) is 5.02 Å². The van der Waals surface area contributed by atoms with Gasteiger partial charge in [-0.1, -0.05) is 41.4 Å². The largest absolute Gasteiger partial charge is 0.454 e. The lowest BCUT2D eigenvalue weighted by atomic mass is 9.96. The summed E-state index contributed by atoms with van der Waals surface area (Å²) < 4.78 is 5.42. The zero-order valence-corrected chi connectivity index (χ0v) is 17.3. The quantitative estimate of drug-likeness (QED) is 0.541. The number of ether oxygens (including phenoxy) is 1. The van der Waals surface area contributed by atoms with E-state index in [4.69, 9.17) is 16.3 Å². The van der Waals surface area contributed by atoms with Crippen molar-refractivity contribution in [3.63, 3.8) is 0 Å². The van der Waals surface area contributed by atoms with Gasteiger partial charge in [-0.3, -0.25) is 14.4 Å². The predicted molar refractivity (Wildman–Crippen MR) is 111 cm³/mol. The number of rotatable bonds is 5. The number of piperidine rings is 1. The van der Waals surface area contributed by atoms with E-state index in [1.807, 2.05) is 19.1 Å². The maximum Gasteiger partial charge on any atom is 0.309 e. The molecule has 0 saturated carbocycles. The van der Waals surface area contributed by atoms with Crippen molar-refractivity contribution in [2.24, 2.45) is 5.92 Å². The van der Waals surface area contributed by atoms with Gasteiger partial charge in [0.15, 0.2) is 6.10 Å². The van der Waals surface area contributed by atoms with E-state index in [2.05, 4.69) is 0 Å². The Morgan fingerprint density at radius 1 is 0.966 bits per heavy atom. The van der Waals surface area contributed by atoms with Gasteiger partial charge in [0, 0.05) is 29.2 Å². The van der Waals surface area contributed by atoms with Gasteiger partial charge in [0.1, 0.15) is 0 Å². The van der Waals surface area contributed by atoms with Gasteiger partial charge in [0.2, 0.25) is 5.78 Å². The molecule has 2 aromatic rings. The van der Waals surface area contributed by atoms with Crippen LogP contribution in [0.1, 0.15) is 46.0 Å². The molecule has 1 aliphatic rings. The molecule has 0 bridgehead atoms. The number of nitrogens with zero attached hydrogens (tertiary/aromatic N) is 1. The first-order chi connectivity index (χ1) is 13.8. The second-order valence-electron chi connectivity index (χ2n) is 7.38. The Morgan fingerprint density at radius 2 is 1.52 bits per heavy atom. The molecule has 0 aromatic heterocycles. The summed E-state index contributed by atoms with van der Waals surface area (Å²) in [5, 5.41) is 0.581. The van der Waals surface area contributed by atoms with Crippen LogP contribution >= 0.6 is 11.6 Å². The highest BCUT2D eigenvalue weighted by Crippen LogP contribution is 2.22. The fourth-order valence-corrected chi connectivity index (χ4v) is 3.50. The highest BCUT2D eigenvalue weighted by atomic mass is 35.5. The summed E-state index contributed by atoms with van der Waals surface area (Å²) in [5.41, 5.74) is 2.16. The predicted octanol–water partition coefficient (Wildman–Crippen LogP) is 4.32. The van der Waals surface area contributed by atoms with Gasteiger partial charge in [0.25, 0.3) is 5.91 Å². The SMILES string of the molecule is Cc1ccc(C(=O)[C@H](C)OC(=O)C2CCN(C(=O)c3ccc(Cl)cc3)CC2)cc1. The number of halogens is 1. The summed E-state index contributed by atoms with van der Waals surface area (Å²) in [6, 6.07) is 14.0. The molecule has 6 heteroatoms. The van der Waals surface area contributed by atoms with E-state index in [9.17, 15) is 14.4 Å². The maximum absolute atomic E-state index is 12.6. The molecule has 1 saturated heterocycles. The van der Waals surface area contributed by atoms with Gasteiger partial charge in [-0.25, -0.2) is 0 Å². The standard InChI is InChI=1S/C23H24ClNO4/c1-15-3-5-17(6-4-15)21(26)16(2)29-23(28)19-11-13-25(14-12-19)22(27)18-7-9-20(24)10-8-18/h3-10,16,19H,11-14H2,1-2H3/t16-/m0/s1. The van der Waals surface area contributed by atoms with E-state index >= 15 is 0 Å². The summed E-state index contributed by atoms with van der Waals surface area (Å²) in [7, 11) is 0. The lowest BCUT2D eigenvalue weighted by Crippen LogP contribution is -2.41. The molecule has 29 heavy (non-hydrogen) atoms. The van der Waals surface area contributed by atoms with Gasteiger partial charge in [-0.05, 0) is 51.0 Å². The summed E-state index contributed by atoms with van der Waals surface area (Å²) in [4.78, 5) is 39.2. The van der Waals surface area contributed by atoms with Crippen LogP contribution in [-0.4, -0.2) is 41.8 Å². The van der Waals surface area contributed by atoms with Crippen LogP contribution in [0.25, 0.3) is 0 Å². The fraction of sp³-hybridized carbons (Fsp3) is 0.348. The molecular weight excluding hydrogens is 390 g/mol. The van der Waals surface area contributed by atoms with E-state index in [0.29, 0.717) is 42.1 Å². The molecular formula is C23H24ClNO4. The van der Waals surface area contributed by atoms with E-state index in [1.54, 1.807) is 48.2 Å².